The van der Waals surface area contributed by atoms with Gasteiger partial charge in [-0.25, -0.2) is 9.78 Å². The molecule has 11 nitrogen and oxygen atoms in total. The third-order valence-electron chi connectivity index (χ3n) is 5.85. The molecule has 38 heavy (non-hydrogen) atoms. The molecule has 2 heterocycles. The lowest BCUT2D eigenvalue weighted by Gasteiger charge is -2.14. The molecule has 0 spiro atoms. The predicted molar refractivity (Wildman–Crippen MR) is 143 cm³/mol. The lowest BCUT2D eigenvalue weighted by Crippen LogP contribution is -2.42. The number of nitrogens with one attached hydrogen (secondary N) is 2. The highest BCUT2D eigenvalue weighted by atomic mass is 16.5. The second-order valence-corrected chi connectivity index (χ2v) is 8.44. The molecule has 4 aromatic rings. The lowest BCUT2D eigenvalue weighted by atomic mass is 10.1. The van der Waals surface area contributed by atoms with Crippen LogP contribution in [-0.2, 0) is 29.1 Å². The van der Waals surface area contributed by atoms with E-state index in [1.807, 2.05) is 6.07 Å². The van der Waals surface area contributed by atoms with E-state index in [4.69, 9.17) is 9.47 Å². The molecule has 0 aliphatic heterocycles. The van der Waals surface area contributed by atoms with Crippen LogP contribution in [0.2, 0.25) is 0 Å². The minimum Gasteiger partial charge on any atom is -0.493 e. The van der Waals surface area contributed by atoms with Gasteiger partial charge in [0.1, 0.15) is 6.54 Å². The van der Waals surface area contributed by atoms with Crippen molar-refractivity contribution in [1.82, 2.24) is 14.1 Å². The highest BCUT2D eigenvalue weighted by Gasteiger charge is 2.17. The zero-order valence-corrected chi connectivity index (χ0v) is 21.2. The van der Waals surface area contributed by atoms with Gasteiger partial charge in [0.2, 0.25) is 11.8 Å². The van der Waals surface area contributed by atoms with Gasteiger partial charge in [-0.05, 0) is 60.5 Å². The maximum Gasteiger partial charge on any atom is 0.332 e. The van der Waals surface area contributed by atoms with Gasteiger partial charge in [0.05, 0.1) is 19.7 Å². The number of benzene rings is 2. The van der Waals surface area contributed by atoms with Crippen LogP contribution >= 0.6 is 0 Å². The van der Waals surface area contributed by atoms with Crippen molar-refractivity contribution in [2.45, 2.75) is 26.4 Å². The summed E-state index contributed by atoms with van der Waals surface area (Å²) in [4.78, 5) is 54.8. The topological polar surface area (TPSA) is 134 Å². The summed E-state index contributed by atoms with van der Waals surface area (Å²) in [5.41, 5.74) is 1.12. The second kappa shape index (κ2) is 11.4. The smallest absolute Gasteiger partial charge is 0.332 e. The van der Waals surface area contributed by atoms with Crippen molar-refractivity contribution < 1.29 is 19.1 Å². The molecule has 2 N–H and O–H groups in total. The summed E-state index contributed by atoms with van der Waals surface area (Å²) in [6.07, 6.45) is 1.83. The van der Waals surface area contributed by atoms with Crippen LogP contribution < -0.4 is 31.4 Å². The quantitative estimate of drug-likeness (QED) is 0.348. The van der Waals surface area contributed by atoms with E-state index in [2.05, 4.69) is 15.6 Å². The van der Waals surface area contributed by atoms with Crippen LogP contribution in [0.15, 0.2) is 70.4 Å². The van der Waals surface area contributed by atoms with Gasteiger partial charge >= 0.3 is 5.69 Å². The third kappa shape index (κ3) is 5.72. The number of hydrogen-bond donors (Lipinski definition) is 2. The fourth-order valence-corrected chi connectivity index (χ4v) is 4.05. The molecule has 2 aromatic heterocycles. The van der Waals surface area contributed by atoms with Gasteiger partial charge in [0, 0.05) is 31.0 Å². The zero-order chi connectivity index (χ0) is 27.2. The van der Waals surface area contributed by atoms with Gasteiger partial charge < -0.3 is 20.1 Å². The fraction of sp³-hybridized carbons (Fsp3) is 0.222. The first-order chi connectivity index (χ1) is 18.3. The Morgan fingerprint density at radius 2 is 1.58 bits per heavy atom. The molecule has 2 amide bonds. The van der Waals surface area contributed by atoms with E-state index >= 15 is 0 Å². The van der Waals surface area contributed by atoms with E-state index in [0.29, 0.717) is 29.3 Å². The second-order valence-electron chi connectivity index (χ2n) is 8.44. The Balaban J connectivity index is 1.60. The molecule has 0 saturated carbocycles. The monoisotopic (exact) mass is 517 g/mol. The number of rotatable bonds is 9. The number of fused-ring (bicyclic) bond motifs is 1. The lowest BCUT2D eigenvalue weighted by molar-refractivity contribution is -0.117. The molecule has 0 unspecified atom stereocenters. The molecule has 11 heteroatoms. The number of aryl methyl sites for hydroxylation is 1. The van der Waals surface area contributed by atoms with Crippen LogP contribution in [0.1, 0.15) is 12.5 Å². The van der Waals surface area contributed by atoms with Gasteiger partial charge in [-0.1, -0.05) is 6.07 Å². The van der Waals surface area contributed by atoms with E-state index < -0.39 is 17.2 Å². The van der Waals surface area contributed by atoms with Crippen molar-refractivity contribution in [2.24, 2.45) is 0 Å². The molecular formula is C27H27N5O6. The number of pyridine rings is 1. The van der Waals surface area contributed by atoms with Crippen molar-refractivity contribution in [1.29, 1.82) is 0 Å². The van der Waals surface area contributed by atoms with Crippen LogP contribution in [0.5, 0.6) is 11.5 Å². The van der Waals surface area contributed by atoms with E-state index in [9.17, 15) is 19.2 Å². The largest absolute Gasteiger partial charge is 0.493 e. The molecule has 0 atom stereocenters. The summed E-state index contributed by atoms with van der Waals surface area (Å²) in [6.45, 7) is 1.15. The standard InChI is InChI=1S/C27H27N5O6/c1-17(33)29-19-7-9-20(10-8-19)30-24(34)16-32-21-5-4-13-28-25(21)26(35)31(27(32)36)14-12-18-6-11-22(37-2)23(15-18)38-3/h4-11,13,15H,12,14,16H2,1-3H3,(H,29,33)(H,30,34). The molecule has 2 aromatic carbocycles. The van der Waals surface area contributed by atoms with Crippen molar-refractivity contribution in [3.8, 4) is 11.5 Å². The Bertz CT molecular complexity index is 1610. The van der Waals surface area contributed by atoms with Gasteiger partial charge in [-0.2, -0.15) is 0 Å². The average molecular weight is 518 g/mol. The van der Waals surface area contributed by atoms with Crippen molar-refractivity contribution in [3.63, 3.8) is 0 Å². The molecule has 0 fully saturated rings. The van der Waals surface area contributed by atoms with Crippen LogP contribution in [0, 0.1) is 0 Å². The third-order valence-corrected chi connectivity index (χ3v) is 5.85. The van der Waals surface area contributed by atoms with Gasteiger partial charge in [0.25, 0.3) is 5.56 Å². The molecule has 0 aliphatic rings. The first-order valence-electron chi connectivity index (χ1n) is 11.8. The Morgan fingerprint density at radius 1 is 0.895 bits per heavy atom. The highest BCUT2D eigenvalue weighted by Crippen LogP contribution is 2.27. The van der Waals surface area contributed by atoms with Crippen LogP contribution in [-0.4, -0.2) is 40.2 Å². The maximum absolute atomic E-state index is 13.4. The molecule has 4 rings (SSSR count). The minimum atomic E-state index is -0.618. The van der Waals surface area contributed by atoms with Gasteiger partial charge in [-0.15, -0.1) is 0 Å². The number of carbonyl (C=O) groups excluding carboxylic acids is 2. The summed E-state index contributed by atoms with van der Waals surface area (Å²) in [5.74, 6) is 0.440. The summed E-state index contributed by atoms with van der Waals surface area (Å²) >= 11 is 0. The number of anilines is 2. The Hall–Kier alpha value is -4.93. The average Bonchev–Trinajstić information content (AvgIpc) is 2.91. The maximum atomic E-state index is 13.4. The first kappa shape index (κ1) is 26.1. The Morgan fingerprint density at radius 3 is 2.24 bits per heavy atom. The van der Waals surface area contributed by atoms with E-state index in [1.54, 1.807) is 55.6 Å². The summed E-state index contributed by atoms with van der Waals surface area (Å²) in [7, 11) is 3.07. The number of nitrogens with zero attached hydrogens (tertiary/aromatic N) is 3. The van der Waals surface area contributed by atoms with Crippen molar-refractivity contribution in [3.05, 3.63) is 87.2 Å². The number of methoxy groups -OCH3 is 2. The van der Waals surface area contributed by atoms with Gasteiger partial charge in [-0.3, -0.25) is 23.5 Å². The minimum absolute atomic E-state index is 0.0753. The number of amides is 2. The number of carbonyl (C=O) groups is 2. The number of ether oxygens (including phenoxy) is 2. The van der Waals surface area contributed by atoms with Gasteiger partial charge in [0.15, 0.2) is 17.0 Å². The number of hydrogen-bond acceptors (Lipinski definition) is 7. The van der Waals surface area contributed by atoms with Crippen LogP contribution in [0.25, 0.3) is 11.0 Å². The van der Waals surface area contributed by atoms with E-state index in [-0.39, 0.29) is 30.0 Å². The van der Waals surface area contributed by atoms with E-state index in [1.165, 1.54) is 24.8 Å². The van der Waals surface area contributed by atoms with Crippen LogP contribution in [0.3, 0.4) is 0 Å². The normalized spacial score (nSPS) is 10.7. The van der Waals surface area contributed by atoms with E-state index in [0.717, 1.165) is 10.1 Å². The number of aromatic nitrogens is 3. The first-order valence-corrected chi connectivity index (χ1v) is 11.8. The summed E-state index contributed by atoms with van der Waals surface area (Å²) in [5, 5.41) is 5.38. The zero-order valence-electron chi connectivity index (χ0n) is 21.2. The Labute approximate surface area is 217 Å². The summed E-state index contributed by atoms with van der Waals surface area (Å²) in [6, 6.07) is 15.1. The molecule has 0 bridgehead atoms. The Kier molecular flexibility index (Phi) is 7.86. The molecule has 0 saturated heterocycles. The van der Waals surface area contributed by atoms with Crippen LogP contribution in [0.4, 0.5) is 11.4 Å². The van der Waals surface area contributed by atoms with Crippen molar-refractivity contribution in [2.75, 3.05) is 24.9 Å². The predicted octanol–water partition coefficient (Wildman–Crippen LogP) is 2.42. The summed E-state index contributed by atoms with van der Waals surface area (Å²) < 4.78 is 12.9. The molecule has 196 valence electrons. The fourth-order valence-electron chi connectivity index (χ4n) is 4.05. The molecule has 0 radical (unpaired) electrons. The SMILES string of the molecule is COc1ccc(CCn2c(=O)c3ncccc3n(CC(=O)Nc3ccc(NC(C)=O)cc3)c2=O)cc1OC. The molecular weight excluding hydrogens is 490 g/mol. The van der Waals surface area contributed by atoms with Crippen molar-refractivity contribution >= 4 is 34.2 Å². The highest BCUT2D eigenvalue weighted by molar-refractivity contribution is 5.92. The molecule has 0 aliphatic carbocycles.